The Morgan fingerprint density at radius 3 is 3.00 bits per heavy atom. The minimum absolute atomic E-state index is 0.255. The van der Waals surface area contributed by atoms with Gasteiger partial charge in [0.25, 0.3) is 0 Å². The maximum absolute atomic E-state index is 11.7. The van der Waals surface area contributed by atoms with Gasteiger partial charge in [-0.15, -0.1) is 16.9 Å². The molecular weight excluding hydrogens is 412 g/mol. The molecule has 29 heavy (non-hydrogen) atoms. The number of amides is 1. The van der Waals surface area contributed by atoms with E-state index in [0.717, 1.165) is 33.7 Å². The second-order valence-electron chi connectivity index (χ2n) is 5.87. The molecule has 1 unspecified atom stereocenters. The summed E-state index contributed by atoms with van der Waals surface area (Å²) in [7, 11) is 1.62. The second-order valence-corrected chi connectivity index (χ2v) is 8.06. The van der Waals surface area contributed by atoms with Crippen LogP contribution in [0.2, 0.25) is 0 Å². The molecule has 0 aliphatic carbocycles. The first-order chi connectivity index (χ1) is 14.0. The number of hydrogen-bond acceptors (Lipinski definition) is 8. The van der Waals surface area contributed by atoms with E-state index in [2.05, 4.69) is 20.5 Å². The van der Waals surface area contributed by atoms with Crippen LogP contribution in [0.4, 0.5) is 0 Å². The number of pyridine rings is 1. The molecule has 0 radical (unpaired) electrons. The zero-order valence-corrected chi connectivity index (χ0v) is 17.1. The number of ether oxygens (including phenoxy) is 1. The van der Waals surface area contributed by atoms with Gasteiger partial charge in [-0.3, -0.25) is 9.59 Å². The Labute approximate surface area is 175 Å². The summed E-state index contributed by atoms with van der Waals surface area (Å²) >= 11 is 2.66. The van der Waals surface area contributed by atoms with Crippen molar-refractivity contribution in [3.8, 4) is 5.75 Å². The van der Waals surface area contributed by atoms with E-state index in [0.29, 0.717) is 5.75 Å². The number of methoxy groups -OCH3 is 1. The predicted molar refractivity (Wildman–Crippen MR) is 114 cm³/mol. The molecular formula is C19H18N4O4S2. The van der Waals surface area contributed by atoms with E-state index in [1.165, 1.54) is 0 Å². The summed E-state index contributed by atoms with van der Waals surface area (Å²) in [6.07, 6.45) is 3.07. The number of amidine groups is 1. The number of rotatable bonds is 8. The first-order valence-corrected chi connectivity index (χ1v) is 10.4. The molecule has 3 rings (SSSR count). The number of carboxylic acid groups (broad SMARTS) is 1. The lowest BCUT2D eigenvalue weighted by Crippen LogP contribution is -2.26. The van der Waals surface area contributed by atoms with Crippen LogP contribution in [0.25, 0.3) is 0 Å². The van der Waals surface area contributed by atoms with Gasteiger partial charge >= 0.3 is 5.97 Å². The minimum atomic E-state index is -1.03. The molecule has 10 heteroatoms. The predicted octanol–water partition coefficient (Wildman–Crippen LogP) is 2.78. The quantitative estimate of drug-likeness (QED) is 0.376. The number of nitrogens with zero attached hydrogens (tertiary/aromatic N) is 3. The van der Waals surface area contributed by atoms with E-state index in [9.17, 15) is 9.59 Å². The van der Waals surface area contributed by atoms with Crippen molar-refractivity contribution in [2.45, 2.75) is 22.4 Å². The number of carbonyl (C=O) groups is 2. The fourth-order valence-electron chi connectivity index (χ4n) is 2.47. The van der Waals surface area contributed by atoms with Crippen LogP contribution in [-0.2, 0) is 15.3 Å². The maximum Gasteiger partial charge on any atom is 0.305 e. The van der Waals surface area contributed by atoms with E-state index >= 15 is 0 Å². The number of hydrogen-bond donors (Lipinski definition) is 2. The van der Waals surface area contributed by atoms with Crippen molar-refractivity contribution < 1.29 is 19.4 Å². The highest BCUT2D eigenvalue weighted by molar-refractivity contribution is 8.15. The lowest BCUT2D eigenvalue weighted by Gasteiger charge is -2.09. The summed E-state index contributed by atoms with van der Waals surface area (Å²) < 4.78 is 5.43. The molecule has 1 aromatic carbocycles. The average Bonchev–Trinajstić information content (AvgIpc) is 3.05. The Morgan fingerprint density at radius 1 is 1.41 bits per heavy atom. The Balaban J connectivity index is 1.66. The lowest BCUT2D eigenvalue weighted by atomic mass is 10.1. The van der Waals surface area contributed by atoms with Crippen molar-refractivity contribution in [2.75, 3.05) is 7.11 Å². The molecule has 1 atom stereocenters. The molecule has 1 fully saturated rings. The molecule has 150 valence electrons. The maximum atomic E-state index is 11.7. The standard InChI is InChI=1S/C19H18N4O4S2/c1-27-14-6-5-12(8-13(14)11-28-16-4-2-3-7-20-16)10-21-23-19-22-18(26)15(29-19)9-17(24)25/h2-8,10,15H,9,11H2,1H3,(H,24,25)(H,22,23,26). The third-order valence-corrected chi connectivity index (χ3v) is 5.87. The van der Waals surface area contributed by atoms with Crippen LogP contribution in [0, 0.1) is 0 Å². The fraction of sp³-hybridized carbons (Fsp3) is 0.211. The van der Waals surface area contributed by atoms with Gasteiger partial charge in [-0.1, -0.05) is 17.8 Å². The van der Waals surface area contributed by atoms with Crippen LogP contribution in [-0.4, -0.2) is 45.7 Å². The van der Waals surface area contributed by atoms with E-state index in [-0.39, 0.29) is 17.5 Å². The van der Waals surface area contributed by atoms with E-state index in [1.807, 2.05) is 36.4 Å². The Morgan fingerprint density at radius 2 is 2.28 bits per heavy atom. The fourth-order valence-corrected chi connectivity index (χ4v) is 4.22. The highest BCUT2D eigenvalue weighted by atomic mass is 32.2. The van der Waals surface area contributed by atoms with E-state index < -0.39 is 11.2 Å². The largest absolute Gasteiger partial charge is 0.496 e. The van der Waals surface area contributed by atoms with Crippen molar-refractivity contribution in [3.05, 3.63) is 53.7 Å². The third kappa shape index (κ3) is 6.06. The van der Waals surface area contributed by atoms with Crippen molar-refractivity contribution in [1.29, 1.82) is 0 Å². The number of aliphatic carboxylic acids is 1. The van der Waals surface area contributed by atoms with Crippen LogP contribution in [0.15, 0.2) is 57.8 Å². The molecule has 0 bridgehead atoms. The summed E-state index contributed by atoms with van der Waals surface area (Å²) in [5.74, 6) is 0.0486. The number of benzene rings is 1. The summed E-state index contributed by atoms with van der Waals surface area (Å²) in [5, 5.41) is 19.8. The van der Waals surface area contributed by atoms with Crippen molar-refractivity contribution >= 4 is 46.8 Å². The topological polar surface area (TPSA) is 113 Å². The second kappa shape index (κ2) is 10.1. The summed E-state index contributed by atoms with van der Waals surface area (Å²) in [4.78, 5) is 26.8. The molecule has 2 aromatic rings. The van der Waals surface area contributed by atoms with Crippen LogP contribution in [0.3, 0.4) is 0 Å². The number of aromatic nitrogens is 1. The number of thioether (sulfide) groups is 2. The van der Waals surface area contributed by atoms with Crippen LogP contribution < -0.4 is 10.1 Å². The summed E-state index contributed by atoms with van der Waals surface area (Å²) in [5.41, 5.74) is 1.81. The summed E-state index contributed by atoms with van der Waals surface area (Å²) in [6.45, 7) is 0. The average molecular weight is 431 g/mol. The molecule has 1 saturated heterocycles. The lowest BCUT2D eigenvalue weighted by molar-refractivity contribution is -0.138. The smallest absolute Gasteiger partial charge is 0.305 e. The van der Waals surface area contributed by atoms with E-state index in [4.69, 9.17) is 9.84 Å². The van der Waals surface area contributed by atoms with Gasteiger partial charge in [0.1, 0.15) is 11.0 Å². The third-order valence-electron chi connectivity index (χ3n) is 3.81. The van der Waals surface area contributed by atoms with Gasteiger partial charge in [0.05, 0.1) is 24.8 Å². The number of carboxylic acids is 1. The Hall–Kier alpha value is -2.85. The Kier molecular flexibility index (Phi) is 7.25. The van der Waals surface area contributed by atoms with Crippen LogP contribution in [0.1, 0.15) is 17.5 Å². The van der Waals surface area contributed by atoms with Gasteiger partial charge in [-0.05, 0) is 35.9 Å². The van der Waals surface area contributed by atoms with Gasteiger partial charge < -0.3 is 15.2 Å². The first kappa shape index (κ1) is 20.9. The highest BCUT2D eigenvalue weighted by Gasteiger charge is 2.32. The van der Waals surface area contributed by atoms with Gasteiger partial charge in [-0.25, -0.2) is 4.98 Å². The SMILES string of the molecule is COc1ccc(C=NN=C2NC(=O)C(CC(=O)O)S2)cc1CSc1ccccn1. The molecule has 1 amide bonds. The molecule has 2 N–H and O–H groups in total. The molecule has 2 heterocycles. The Bertz CT molecular complexity index is 950. The number of carbonyl (C=O) groups excluding carboxylic acids is 1. The molecule has 0 saturated carbocycles. The zero-order chi connectivity index (χ0) is 20.6. The molecule has 8 nitrogen and oxygen atoms in total. The van der Waals surface area contributed by atoms with Crippen molar-refractivity contribution in [3.63, 3.8) is 0 Å². The normalized spacial score (nSPS) is 17.6. The van der Waals surface area contributed by atoms with Crippen molar-refractivity contribution in [2.24, 2.45) is 10.2 Å². The van der Waals surface area contributed by atoms with Gasteiger partial charge in [0, 0.05) is 17.5 Å². The van der Waals surface area contributed by atoms with E-state index in [1.54, 1.807) is 31.3 Å². The number of nitrogens with one attached hydrogen (secondary N) is 1. The highest BCUT2D eigenvalue weighted by Crippen LogP contribution is 2.27. The summed E-state index contributed by atoms with van der Waals surface area (Å²) in [6, 6.07) is 11.4. The van der Waals surface area contributed by atoms with Crippen LogP contribution in [0.5, 0.6) is 5.75 Å². The monoisotopic (exact) mass is 430 g/mol. The van der Waals surface area contributed by atoms with Gasteiger partial charge in [0.2, 0.25) is 5.91 Å². The first-order valence-electron chi connectivity index (χ1n) is 8.56. The van der Waals surface area contributed by atoms with Crippen molar-refractivity contribution in [1.82, 2.24) is 10.3 Å². The molecule has 1 aliphatic heterocycles. The zero-order valence-electron chi connectivity index (χ0n) is 15.4. The minimum Gasteiger partial charge on any atom is -0.496 e. The van der Waals surface area contributed by atoms with Gasteiger partial charge in [0.15, 0.2) is 5.17 Å². The molecule has 0 spiro atoms. The molecule has 1 aliphatic rings. The van der Waals surface area contributed by atoms with Gasteiger partial charge in [-0.2, -0.15) is 5.10 Å². The molecule has 1 aromatic heterocycles. The van der Waals surface area contributed by atoms with Crippen LogP contribution >= 0.6 is 23.5 Å².